The number of imidazole rings is 1. The average Bonchev–Trinajstić information content (AvgIpc) is 3.46. The molecule has 8 heteroatoms. The highest BCUT2D eigenvalue weighted by atomic mass is 79.9. The van der Waals surface area contributed by atoms with Gasteiger partial charge in [0, 0.05) is 19.3 Å². The number of benzene rings is 3. The molecule has 0 saturated heterocycles. The molecule has 37 heavy (non-hydrogen) atoms. The second-order valence-corrected chi connectivity index (χ2v) is 10.2. The standard InChI is InChI=1S/C29H28BrN3O4/c1-16(2)17-9-11-18(12-10-17)28-31-25-23(37-4)15-20(24(30)26(25)32-28)22(13-14-36-3)33-21-8-6-5-7-19(21)27(34)29(33)35/h5-12,15-16,22H,13-14H2,1-4H3,(H,31,32). The predicted molar refractivity (Wildman–Crippen MR) is 147 cm³/mol. The number of carbonyl (C=O) groups is 2. The molecule has 7 nitrogen and oxygen atoms in total. The summed E-state index contributed by atoms with van der Waals surface area (Å²) in [5.74, 6) is 0.693. The summed E-state index contributed by atoms with van der Waals surface area (Å²) in [4.78, 5) is 35.9. The number of ether oxygens (including phenoxy) is 2. The van der Waals surface area contributed by atoms with Crippen molar-refractivity contribution < 1.29 is 19.1 Å². The lowest BCUT2D eigenvalue weighted by Gasteiger charge is -2.29. The molecule has 0 aliphatic carbocycles. The van der Waals surface area contributed by atoms with Gasteiger partial charge >= 0.3 is 0 Å². The van der Waals surface area contributed by atoms with Crippen molar-refractivity contribution in [3.05, 3.63) is 75.8 Å². The number of carbonyl (C=O) groups excluding carboxylic acids is 2. The number of hydrogen-bond acceptors (Lipinski definition) is 5. The summed E-state index contributed by atoms with van der Waals surface area (Å²) in [5.41, 5.74) is 5.44. The Morgan fingerprint density at radius 2 is 1.78 bits per heavy atom. The lowest BCUT2D eigenvalue weighted by atomic mass is 10.0. The van der Waals surface area contributed by atoms with Gasteiger partial charge < -0.3 is 14.5 Å². The zero-order valence-corrected chi connectivity index (χ0v) is 22.8. The van der Waals surface area contributed by atoms with Crippen LogP contribution in [0.15, 0.2) is 59.1 Å². The van der Waals surface area contributed by atoms with Crippen LogP contribution in [-0.4, -0.2) is 42.5 Å². The summed E-state index contributed by atoms with van der Waals surface area (Å²) in [6, 6.07) is 16.8. The molecule has 1 aliphatic rings. The Hall–Kier alpha value is -3.49. The topological polar surface area (TPSA) is 84.5 Å². The first-order chi connectivity index (χ1) is 17.8. The van der Waals surface area contributed by atoms with Crippen LogP contribution in [0, 0.1) is 0 Å². The summed E-state index contributed by atoms with van der Waals surface area (Å²) in [6.07, 6.45) is 0.477. The molecule has 3 aromatic carbocycles. The molecule has 5 rings (SSSR count). The van der Waals surface area contributed by atoms with Crippen molar-refractivity contribution >= 4 is 44.3 Å². The molecular formula is C29H28BrN3O4. The van der Waals surface area contributed by atoms with Gasteiger partial charge in [-0.05, 0) is 57.6 Å². The Morgan fingerprint density at radius 1 is 1.05 bits per heavy atom. The Morgan fingerprint density at radius 3 is 2.46 bits per heavy atom. The fourth-order valence-corrected chi connectivity index (χ4v) is 5.53. The molecule has 0 saturated carbocycles. The van der Waals surface area contributed by atoms with Crippen molar-refractivity contribution in [3.8, 4) is 17.1 Å². The van der Waals surface area contributed by atoms with E-state index in [1.807, 2.05) is 12.1 Å². The van der Waals surface area contributed by atoms with Gasteiger partial charge in [-0.2, -0.15) is 0 Å². The molecular weight excluding hydrogens is 534 g/mol. The zero-order valence-electron chi connectivity index (χ0n) is 21.2. The number of ketones is 1. The fourth-order valence-electron chi connectivity index (χ4n) is 4.86. The number of fused-ring (bicyclic) bond motifs is 2. The lowest BCUT2D eigenvalue weighted by molar-refractivity contribution is -0.114. The van der Waals surface area contributed by atoms with E-state index in [0.717, 1.165) is 21.1 Å². The molecule has 1 amide bonds. The summed E-state index contributed by atoms with van der Waals surface area (Å²) >= 11 is 3.77. The highest BCUT2D eigenvalue weighted by molar-refractivity contribution is 9.10. The molecule has 0 radical (unpaired) electrons. The first-order valence-corrected chi connectivity index (χ1v) is 13.0. The Balaban J connectivity index is 1.65. The van der Waals surface area contributed by atoms with Crippen LogP contribution in [-0.2, 0) is 9.53 Å². The van der Waals surface area contributed by atoms with Crippen LogP contribution in [0.2, 0.25) is 0 Å². The van der Waals surface area contributed by atoms with E-state index >= 15 is 0 Å². The Labute approximate surface area is 223 Å². The second kappa shape index (κ2) is 10.1. The molecule has 190 valence electrons. The normalized spacial score (nSPS) is 14.1. The van der Waals surface area contributed by atoms with Crippen LogP contribution in [0.5, 0.6) is 5.75 Å². The molecule has 0 fully saturated rings. The summed E-state index contributed by atoms with van der Waals surface area (Å²) < 4.78 is 11.9. The van der Waals surface area contributed by atoms with Gasteiger partial charge in [0.05, 0.1) is 28.9 Å². The molecule has 2 heterocycles. The SMILES string of the molecule is COCCC(c1cc(OC)c2[nH]c(-c3ccc(C(C)C)cc3)nc2c1Br)N1C(=O)C(=O)c2ccccc21. The number of anilines is 1. The van der Waals surface area contributed by atoms with Gasteiger partial charge in [-0.1, -0.05) is 50.2 Å². The monoisotopic (exact) mass is 561 g/mol. The number of methoxy groups -OCH3 is 2. The van der Waals surface area contributed by atoms with E-state index in [4.69, 9.17) is 14.5 Å². The quantitative estimate of drug-likeness (QED) is 0.250. The zero-order chi connectivity index (χ0) is 26.3. The van der Waals surface area contributed by atoms with Crippen LogP contribution in [0.4, 0.5) is 5.69 Å². The molecule has 1 unspecified atom stereocenters. The minimum Gasteiger partial charge on any atom is -0.494 e. The predicted octanol–water partition coefficient (Wildman–Crippen LogP) is 6.43. The molecule has 1 aromatic heterocycles. The van der Waals surface area contributed by atoms with Crippen molar-refractivity contribution in [3.63, 3.8) is 0 Å². The molecule has 1 atom stereocenters. The number of halogens is 1. The van der Waals surface area contributed by atoms with Crippen molar-refractivity contribution in [1.29, 1.82) is 0 Å². The molecule has 0 bridgehead atoms. The minimum absolute atomic E-state index is 0.394. The smallest absolute Gasteiger partial charge is 0.300 e. The number of H-pyrrole nitrogens is 1. The number of para-hydroxylation sites is 1. The first-order valence-electron chi connectivity index (χ1n) is 12.2. The lowest BCUT2D eigenvalue weighted by Crippen LogP contribution is -2.34. The number of aromatic amines is 1. The van der Waals surface area contributed by atoms with Gasteiger partial charge in [0.25, 0.3) is 11.7 Å². The average molecular weight is 562 g/mol. The number of rotatable bonds is 8. The maximum absolute atomic E-state index is 13.2. The highest BCUT2D eigenvalue weighted by Crippen LogP contribution is 2.44. The van der Waals surface area contributed by atoms with Gasteiger partial charge in [-0.15, -0.1) is 0 Å². The van der Waals surface area contributed by atoms with Gasteiger partial charge in [-0.3, -0.25) is 14.5 Å². The maximum atomic E-state index is 13.2. The van der Waals surface area contributed by atoms with Gasteiger partial charge in [0.15, 0.2) is 0 Å². The Kier molecular flexibility index (Phi) is 6.88. The third kappa shape index (κ3) is 4.34. The maximum Gasteiger partial charge on any atom is 0.300 e. The van der Waals surface area contributed by atoms with Crippen LogP contribution in [0.1, 0.15) is 53.7 Å². The molecule has 1 aliphatic heterocycles. The van der Waals surface area contributed by atoms with Crippen LogP contribution in [0.25, 0.3) is 22.4 Å². The third-order valence-corrected chi connectivity index (χ3v) is 7.69. The van der Waals surface area contributed by atoms with E-state index in [9.17, 15) is 9.59 Å². The van der Waals surface area contributed by atoms with Crippen LogP contribution < -0.4 is 9.64 Å². The number of Topliss-reactive ketones (excluding diaryl/α,β-unsaturated/α-hetero) is 1. The van der Waals surface area contributed by atoms with E-state index in [2.05, 4.69) is 59.0 Å². The fraction of sp³-hybridized carbons (Fsp3) is 0.276. The van der Waals surface area contributed by atoms with Crippen molar-refractivity contribution in [2.45, 2.75) is 32.2 Å². The summed E-state index contributed by atoms with van der Waals surface area (Å²) in [6.45, 7) is 4.72. The second-order valence-electron chi connectivity index (χ2n) is 9.39. The summed E-state index contributed by atoms with van der Waals surface area (Å²) in [7, 11) is 3.22. The van der Waals surface area contributed by atoms with Gasteiger partial charge in [-0.25, -0.2) is 4.98 Å². The Bertz CT molecular complexity index is 1490. The highest BCUT2D eigenvalue weighted by Gasteiger charge is 2.41. The number of nitrogens with zero attached hydrogens (tertiary/aromatic N) is 2. The number of hydrogen-bond donors (Lipinski definition) is 1. The molecule has 1 N–H and O–H groups in total. The molecule has 4 aromatic rings. The van der Waals surface area contributed by atoms with Crippen LogP contribution in [0.3, 0.4) is 0 Å². The van der Waals surface area contributed by atoms with Crippen molar-refractivity contribution in [2.24, 2.45) is 0 Å². The van der Waals surface area contributed by atoms with Crippen molar-refractivity contribution in [1.82, 2.24) is 9.97 Å². The largest absolute Gasteiger partial charge is 0.494 e. The van der Waals surface area contributed by atoms with E-state index in [-0.39, 0.29) is 0 Å². The third-order valence-electron chi connectivity index (χ3n) is 6.86. The van der Waals surface area contributed by atoms with Crippen molar-refractivity contribution in [2.75, 3.05) is 25.7 Å². The van der Waals surface area contributed by atoms with E-state index in [1.54, 1.807) is 37.3 Å². The van der Waals surface area contributed by atoms with E-state index < -0.39 is 17.7 Å². The minimum atomic E-state index is -0.554. The van der Waals surface area contributed by atoms with E-state index in [0.29, 0.717) is 47.3 Å². The first kappa shape index (κ1) is 25.2. The van der Waals surface area contributed by atoms with Gasteiger partial charge in [0.1, 0.15) is 22.6 Å². The number of nitrogens with one attached hydrogen (secondary N) is 1. The van der Waals surface area contributed by atoms with E-state index in [1.165, 1.54) is 5.56 Å². The number of aromatic nitrogens is 2. The van der Waals surface area contributed by atoms with Crippen LogP contribution >= 0.6 is 15.9 Å². The van der Waals surface area contributed by atoms with Gasteiger partial charge in [0.2, 0.25) is 0 Å². The summed E-state index contributed by atoms with van der Waals surface area (Å²) in [5, 5.41) is 0. The number of amides is 1. The molecule has 0 spiro atoms.